The van der Waals surface area contributed by atoms with Crippen molar-refractivity contribution in [3.05, 3.63) is 88.4 Å². The number of nitrogens with zero attached hydrogens (tertiary/aromatic N) is 2. The lowest BCUT2D eigenvalue weighted by atomic mass is 9.98. The molecule has 0 saturated carbocycles. The fraction of sp³-hybridized carbons (Fsp3) is 0.318. The third-order valence-electron chi connectivity index (χ3n) is 4.65. The van der Waals surface area contributed by atoms with E-state index in [1.165, 1.54) is 36.8 Å². The summed E-state index contributed by atoms with van der Waals surface area (Å²) in [7, 11) is 0. The van der Waals surface area contributed by atoms with E-state index in [2.05, 4.69) is 59.0 Å². The quantitative estimate of drug-likeness (QED) is 0.355. The minimum Gasteiger partial charge on any atom is -1.00 e. The smallest absolute Gasteiger partial charge is 0.244 e. The topological polar surface area (TPSA) is 8.81 Å². The first kappa shape index (κ1) is 22.0. The first-order valence-electron chi connectivity index (χ1n) is 9.25. The van der Waals surface area contributed by atoms with Gasteiger partial charge in [0.1, 0.15) is 12.4 Å². The maximum Gasteiger partial charge on any atom is 0.244 e. The Morgan fingerprint density at radius 3 is 1.93 bits per heavy atom. The number of halogens is 3. The van der Waals surface area contributed by atoms with Crippen molar-refractivity contribution in [3.8, 4) is 0 Å². The van der Waals surface area contributed by atoms with Crippen molar-refractivity contribution >= 4 is 23.2 Å². The summed E-state index contributed by atoms with van der Waals surface area (Å²) in [6.45, 7) is 3.30. The molecule has 0 N–H and O–H groups in total. The van der Waals surface area contributed by atoms with Crippen LogP contribution < -0.4 is 21.5 Å². The Labute approximate surface area is 182 Å². The second-order valence-electron chi connectivity index (χ2n) is 6.66. The Balaban J connectivity index is 0.00000261. The highest BCUT2D eigenvalue weighted by atomic mass is 79.9. The van der Waals surface area contributed by atoms with Crippen LogP contribution in [0.15, 0.2) is 67.3 Å². The molecule has 1 aromatic heterocycles. The lowest BCUT2D eigenvalue weighted by Gasteiger charge is -2.15. The summed E-state index contributed by atoms with van der Waals surface area (Å²) < 4.78 is 4.53. The van der Waals surface area contributed by atoms with E-state index in [4.69, 9.17) is 23.2 Å². The molecule has 0 aliphatic heterocycles. The molecule has 1 heterocycles. The third kappa shape index (κ3) is 6.10. The van der Waals surface area contributed by atoms with Crippen molar-refractivity contribution in [2.45, 2.75) is 45.2 Å². The molecule has 0 radical (unpaired) electrons. The van der Waals surface area contributed by atoms with Crippen molar-refractivity contribution in [2.75, 3.05) is 0 Å². The Bertz CT molecular complexity index is 768. The van der Waals surface area contributed by atoms with Gasteiger partial charge in [0, 0.05) is 21.2 Å². The van der Waals surface area contributed by atoms with Gasteiger partial charge in [-0.2, -0.15) is 0 Å². The molecule has 0 spiro atoms. The number of hydrogen-bond donors (Lipinski definition) is 0. The molecule has 3 rings (SSSR count). The van der Waals surface area contributed by atoms with Crippen LogP contribution in [0, 0.1) is 0 Å². The highest BCUT2D eigenvalue weighted by Crippen LogP contribution is 2.28. The van der Waals surface area contributed by atoms with Gasteiger partial charge in [0.25, 0.3) is 0 Å². The Morgan fingerprint density at radius 2 is 1.41 bits per heavy atom. The van der Waals surface area contributed by atoms with Crippen molar-refractivity contribution in [1.82, 2.24) is 4.57 Å². The van der Waals surface area contributed by atoms with Gasteiger partial charge in [-0.05, 0) is 37.1 Å². The molecular formula is C22H25BrCl2N2. The Morgan fingerprint density at radius 1 is 0.852 bits per heavy atom. The van der Waals surface area contributed by atoms with Crippen LogP contribution in [0.2, 0.25) is 10.0 Å². The Hall–Kier alpha value is -1.29. The molecule has 0 aliphatic carbocycles. The summed E-state index contributed by atoms with van der Waals surface area (Å²) in [5.74, 6) is 0. The van der Waals surface area contributed by atoms with Crippen LogP contribution >= 0.6 is 23.2 Å². The molecule has 144 valence electrons. The zero-order valence-electron chi connectivity index (χ0n) is 15.5. The van der Waals surface area contributed by atoms with Crippen LogP contribution in [-0.4, -0.2) is 4.57 Å². The number of aryl methyl sites for hydroxylation is 1. The van der Waals surface area contributed by atoms with E-state index in [0.29, 0.717) is 0 Å². The summed E-state index contributed by atoms with van der Waals surface area (Å²) in [6, 6.07) is 16.2. The van der Waals surface area contributed by atoms with E-state index in [1.54, 1.807) is 0 Å². The summed E-state index contributed by atoms with van der Waals surface area (Å²) in [4.78, 5) is 0. The second kappa shape index (κ2) is 10.9. The molecule has 5 heteroatoms. The molecule has 2 aromatic carbocycles. The average Bonchev–Trinajstić information content (AvgIpc) is 3.11. The van der Waals surface area contributed by atoms with Crippen molar-refractivity contribution in [3.63, 3.8) is 0 Å². The molecule has 3 aromatic rings. The second-order valence-corrected chi connectivity index (χ2v) is 7.54. The number of aromatic nitrogens is 2. The summed E-state index contributed by atoms with van der Waals surface area (Å²) in [5.41, 5.74) is 2.40. The van der Waals surface area contributed by atoms with E-state index in [1.807, 2.05) is 24.3 Å². The first-order chi connectivity index (χ1) is 12.7. The third-order valence-corrected chi connectivity index (χ3v) is 5.16. The maximum absolute atomic E-state index is 6.09. The number of hydrogen-bond acceptors (Lipinski definition) is 0. The first-order valence-corrected chi connectivity index (χ1v) is 10.0. The van der Waals surface area contributed by atoms with Gasteiger partial charge in [0.05, 0.1) is 6.54 Å². The van der Waals surface area contributed by atoms with E-state index >= 15 is 0 Å². The van der Waals surface area contributed by atoms with Gasteiger partial charge < -0.3 is 17.0 Å². The summed E-state index contributed by atoms with van der Waals surface area (Å²) >= 11 is 12.2. The van der Waals surface area contributed by atoms with Crippen molar-refractivity contribution in [1.29, 1.82) is 0 Å². The molecule has 0 aliphatic rings. The number of benzene rings is 2. The van der Waals surface area contributed by atoms with E-state index < -0.39 is 0 Å². The van der Waals surface area contributed by atoms with Crippen molar-refractivity contribution < 1.29 is 21.5 Å². The van der Waals surface area contributed by atoms with Crippen LogP contribution in [0.5, 0.6) is 0 Å². The van der Waals surface area contributed by atoms with Crippen LogP contribution in [0.25, 0.3) is 0 Å². The highest BCUT2D eigenvalue weighted by molar-refractivity contribution is 6.30. The fourth-order valence-electron chi connectivity index (χ4n) is 3.24. The van der Waals surface area contributed by atoms with E-state index in [-0.39, 0.29) is 23.0 Å². The van der Waals surface area contributed by atoms with Gasteiger partial charge in [-0.15, -0.1) is 0 Å². The van der Waals surface area contributed by atoms with E-state index in [9.17, 15) is 0 Å². The molecule has 0 atom stereocenters. The summed E-state index contributed by atoms with van der Waals surface area (Å²) in [5, 5.41) is 1.50. The van der Waals surface area contributed by atoms with Crippen LogP contribution in [-0.2, 0) is 6.54 Å². The van der Waals surface area contributed by atoms with Crippen molar-refractivity contribution in [2.24, 2.45) is 0 Å². The van der Waals surface area contributed by atoms with Gasteiger partial charge in [0.2, 0.25) is 6.33 Å². The van der Waals surface area contributed by atoms with Gasteiger partial charge in [-0.1, -0.05) is 67.2 Å². The predicted octanol–water partition coefficient (Wildman–Crippen LogP) is 3.30. The molecule has 0 bridgehead atoms. The molecule has 27 heavy (non-hydrogen) atoms. The molecule has 0 amide bonds. The van der Waals surface area contributed by atoms with Gasteiger partial charge >= 0.3 is 0 Å². The number of imidazole rings is 1. The van der Waals surface area contributed by atoms with Gasteiger partial charge in [0.15, 0.2) is 6.04 Å². The lowest BCUT2D eigenvalue weighted by molar-refractivity contribution is -0.697. The molecule has 0 saturated heterocycles. The van der Waals surface area contributed by atoms with Crippen LogP contribution in [0.4, 0.5) is 0 Å². The largest absolute Gasteiger partial charge is 1.00 e. The SMILES string of the molecule is CCCCCC[n+]1ccn(C(c2ccc(Cl)cc2)c2ccc(Cl)cc2)c1.[Br-]. The normalized spacial score (nSPS) is 10.8. The monoisotopic (exact) mass is 466 g/mol. The minimum absolute atomic E-state index is 0. The molecule has 0 fully saturated rings. The fourth-order valence-corrected chi connectivity index (χ4v) is 3.50. The molecule has 0 unspecified atom stereocenters. The minimum atomic E-state index is 0. The summed E-state index contributed by atoms with van der Waals surface area (Å²) in [6.07, 6.45) is 11.6. The van der Waals surface area contributed by atoms with Gasteiger partial charge in [-0.25, -0.2) is 9.13 Å². The zero-order valence-corrected chi connectivity index (χ0v) is 18.6. The van der Waals surface area contributed by atoms with Crippen LogP contribution in [0.1, 0.15) is 49.8 Å². The average molecular weight is 468 g/mol. The zero-order chi connectivity index (χ0) is 18.4. The maximum atomic E-state index is 6.09. The van der Waals surface area contributed by atoms with Gasteiger partial charge in [-0.3, -0.25) is 0 Å². The van der Waals surface area contributed by atoms with Crippen LogP contribution in [0.3, 0.4) is 0 Å². The molecule has 2 nitrogen and oxygen atoms in total. The Kier molecular flexibility index (Phi) is 8.88. The highest BCUT2D eigenvalue weighted by Gasteiger charge is 2.21. The lowest BCUT2D eigenvalue weighted by Crippen LogP contribution is -3.00. The predicted molar refractivity (Wildman–Crippen MR) is 109 cm³/mol. The van der Waals surface area contributed by atoms with E-state index in [0.717, 1.165) is 16.6 Å². The number of rotatable bonds is 8. The molecular weight excluding hydrogens is 443 g/mol. The standard InChI is InChI=1S/C22H25Cl2N2.BrH/c1-2-3-4-5-14-25-15-16-26(17-25)22(18-6-10-20(23)11-7-18)19-8-12-21(24)13-9-19;/h6-13,15-17,22H,2-5,14H2,1H3;1H/q+1;/p-1. The number of unbranched alkanes of at least 4 members (excludes halogenated alkanes) is 3.